The molecule has 0 aliphatic heterocycles. The first-order valence-electron chi connectivity index (χ1n) is 11.8. The Morgan fingerprint density at radius 3 is 2.58 bits per heavy atom. The van der Waals surface area contributed by atoms with Gasteiger partial charge in [0.1, 0.15) is 17.5 Å². The maximum Gasteiger partial charge on any atom is 0.224 e. The Kier molecular flexibility index (Phi) is 5.78. The second-order valence-corrected chi connectivity index (χ2v) is 9.64. The molecule has 3 fully saturated rings. The molecule has 0 radical (unpaired) electrons. The Labute approximate surface area is 184 Å². The summed E-state index contributed by atoms with van der Waals surface area (Å²) in [6.07, 6.45) is 10.4. The highest BCUT2D eigenvalue weighted by molar-refractivity contribution is 5.53. The molecule has 6 nitrogen and oxygen atoms in total. The van der Waals surface area contributed by atoms with Crippen LogP contribution >= 0.6 is 0 Å². The van der Waals surface area contributed by atoms with Crippen molar-refractivity contribution in [1.82, 2.24) is 9.97 Å². The lowest BCUT2D eigenvalue weighted by Crippen LogP contribution is -2.47. The molecule has 1 aromatic heterocycles. The molecule has 3 aliphatic rings. The molecular weight excluding hydrogens is 384 g/mol. The second kappa shape index (κ2) is 8.84. The molecule has 5 rings (SSSR count). The average molecular weight is 417 g/mol. The number of aromatic nitrogens is 2. The van der Waals surface area contributed by atoms with Crippen molar-refractivity contribution in [1.29, 1.82) is 5.26 Å². The van der Waals surface area contributed by atoms with Gasteiger partial charge in [-0.3, -0.25) is 0 Å². The van der Waals surface area contributed by atoms with Gasteiger partial charge in [0, 0.05) is 19.1 Å². The maximum absolute atomic E-state index is 9.52. The van der Waals surface area contributed by atoms with Gasteiger partial charge < -0.3 is 16.4 Å². The van der Waals surface area contributed by atoms with E-state index >= 15 is 0 Å². The fraction of sp³-hybridized carbons (Fsp3) is 0.560. The van der Waals surface area contributed by atoms with Crippen molar-refractivity contribution in [3.05, 3.63) is 47.2 Å². The van der Waals surface area contributed by atoms with Gasteiger partial charge in [0.25, 0.3) is 0 Å². The van der Waals surface area contributed by atoms with Gasteiger partial charge in [0.05, 0.1) is 6.20 Å². The van der Waals surface area contributed by atoms with Crippen molar-refractivity contribution in [3.63, 3.8) is 0 Å². The van der Waals surface area contributed by atoms with E-state index in [1.807, 2.05) is 0 Å². The maximum atomic E-state index is 9.52. The van der Waals surface area contributed by atoms with Crippen LogP contribution in [0.2, 0.25) is 0 Å². The van der Waals surface area contributed by atoms with Crippen LogP contribution in [0.3, 0.4) is 0 Å². The lowest BCUT2D eigenvalue weighted by atomic mass is 9.65. The van der Waals surface area contributed by atoms with Gasteiger partial charge in [-0.05, 0) is 73.3 Å². The van der Waals surface area contributed by atoms with Gasteiger partial charge in [0.2, 0.25) is 5.95 Å². The molecule has 0 saturated heterocycles. The van der Waals surface area contributed by atoms with Gasteiger partial charge >= 0.3 is 0 Å². The molecule has 2 aromatic rings. The topological polar surface area (TPSA) is 99.6 Å². The number of nitrogens with two attached hydrogens (primary N) is 1. The fourth-order valence-electron chi connectivity index (χ4n) is 5.67. The van der Waals surface area contributed by atoms with Crippen LogP contribution in [0.15, 0.2) is 30.5 Å². The van der Waals surface area contributed by atoms with Crippen molar-refractivity contribution in [2.24, 2.45) is 23.5 Å². The molecule has 0 amide bonds. The highest BCUT2D eigenvalue weighted by Crippen LogP contribution is 2.42. The monoisotopic (exact) mass is 416 g/mol. The summed E-state index contributed by atoms with van der Waals surface area (Å²) in [5.41, 5.74) is 9.67. The summed E-state index contributed by atoms with van der Waals surface area (Å²) < 4.78 is 0. The van der Waals surface area contributed by atoms with Gasteiger partial charge in [0.15, 0.2) is 0 Å². The van der Waals surface area contributed by atoms with Gasteiger partial charge in [-0.1, -0.05) is 30.7 Å². The van der Waals surface area contributed by atoms with Crippen molar-refractivity contribution in [2.75, 3.05) is 17.2 Å². The zero-order valence-electron chi connectivity index (χ0n) is 18.1. The summed E-state index contributed by atoms with van der Waals surface area (Å²) in [5, 5.41) is 16.3. The predicted molar refractivity (Wildman–Crippen MR) is 123 cm³/mol. The molecule has 4 atom stereocenters. The Morgan fingerprint density at radius 1 is 1.06 bits per heavy atom. The number of hydrogen-bond donors (Lipinski definition) is 3. The Hall–Kier alpha value is -2.65. The number of nitrogens with one attached hydrogen (secondary N) is 2. The SMILES string of the molecule is N#Cc1cnc(NCc2ccccc2C2CC2)nc1NCC1C[C@H]2CCC[C@@H](C1)C2N. The van der Waals surface area contributed by atoms with Gasteiger partial charge in [-0.25, -0.2) is 4.98 Å². The lowest BCUT2D eigenvalue weighted by Gasteiger charge is -2.44. The molecule has 31 heavy (non-hydrogen) atoms. The lowest BCUT2D eigenvalue weighted by molar-refractivity contribution is 0.112. The largest absolute Gasteiger partial charge is 0.369 e. The number of rotatable bonds is 7. The molecule has 6 heteroatoms. The molecule has 3 aliphatic carbocycles. The standard InChI is InChI=1S/C25H32N6/c26-12-21-15-30-25(29-14-20-4-1-2-7-22(20)17-8-9-17)31-24(21)28-13-16-10-18-5-3-6-19(11-16)23(18)27/h1-2,4,7,15-19,23H,3,5-6,8-11,13-14,27H2,(H2,28,29,30,31)/t16?,18-,19+,23?. The number of nitriles is 1. The van der Waals surface area contributed by atoms with E-state index in [2.05, 4.69) is 50.9 Å². The molecule has 1 aromatic carbocycles. The quantitative estimate of drug-likeness (QED) is 0.618. The first-order valence-corrected chi connectivity index (χ1v) is 11.8. The third kappa shape index (κ3) is 4.52. The smallest absolute Gasteiger partial charge is 0.224 e. The summed E-state index contributed by atoms with van der Waals surface area (Å²) in [6, 6.07) is 11.2. The number of fused-ring (bicyclic) bond motifs is 2. The van der Waals surface area contributed by atoms with Gasteiger partial charge in [-0.2, -0.15) is 10.2 Å². The minimum absolute atomic E-state index is 0.382. The van der Waals surface area contributed by atoms with Crippen LogP contribution in [-0.4, -0.2) is 22.6 Å². The van der Waals surface area contributed by atoms with Crippen LogP contribution in [-0.2, 0) is 6.54 Å². The number of benzene rings is 1. The molecule has 2 unspecified atom stereocenters. The summed E-state index contributed by atoms with van der Waals surface area (Å²) in [4.78, 5) is 9.01. The Bertz CT molecular complexity index is 949. The highest BCUT2D eigenvalue weighted by Gasteiger charge is 2.38. The van der Waals surface area contributed by atoms with Crippen molar-refractivity contribution < 1.29 is 0 Å². The van der Waals surface area contributed by atoms with Crippen LogP contribution in [0, 0.1) is 29.1 Å². The minimum Gasteiger partial charge on any atom is -0.369 e. The summed E-state index contributed by atoms with van der Waals surface area (Å²) in [6.45, 7) is 1.54. The minimum atomic E-state index is 0.382. The third-order valence-corrected chi connectivity index (χ3v) is 7.49. The zero-order valence-corrected chi connectivity index (χ0v) is 18.1. The first-order chi connectivity index (χ1) is 15.2. The Balaban J connectivity index is 1.23. The van der Waals surface area contributed by atoms with Gasteiger partial charge in [-0.15, -0.1) is 0 Å². The summed E-state index contributed by atoms with van der Waals surface area (Å²) in [5.74, 6) is 3.82. The van der Waals surface area contributed by atoms with E-state index in [9.17, 15) is 5.26 Å². The Morgan fingerprint density at radius 2 is 1.84 bits per heavy atom. The predicted octanol–water partition coefficient (Wildman–Crippen LogP) is 4.40. The normalized spacial score (nSPS) is 27.4. The van der Waals surface area contributed by atoms with Crippen molar-refractivity contribution >= 4 is 11.8 Å². The van der Waals surface area contributed by atoms with Crippen LogP contribution in [0.4, 0.5) is 11.8 Å². The number of nitrogens with zero attached hydrogens (tertiary/aromatic N) is 3. The molecular formula is C25H32N6. The fourth-order valence-corrected chi connectivity index (χ4v) is 5.67. The molecule has 1 heterocycles. The highest BCUT2D eigenvalue weighted by atomic mass is 15.1. The molecule has 2 bridgehead atoms. The van der Waals surface area contributed by atoms with E-state index < -0.39 is 0 Å². The van der Waals surface area contributed by atoms with Crippen molar-refractivity contribution in [2.45, 2.75) is 63.5 Å². The van der Waals surface area contributed by atoms with Crippen LogP contribution in [0.1, 0.15) is 67.6 Å². The third-order valence-electron chi connectivity index (χ3n) is 7.49. The van der Waals surface area contributed by atoms with Crippen molar-refractivity contribution in [3.8, 4) is 6.07 Å². The van der Waals surface area contributed by atoms with E-state index in [1.54, 1.807) is 6.20 Å². The van der Waals surface area contributed by atoms with Crippen LogP contribution < -0.4 is 16.4 Å². The van der Waals surface area contributed by atoms with E-state index in [0.717, 1.165) is 6.54 Å². The van der Waals surface area contributed by atoms with Crippen LogP contribution in [0.5, 0.6) is 0 Å². The molecule has 4 N–H and O–H groups in total. The van der Waals surface area contributed by atoms with E-state index in [-0.39, 0.29) is 0 Å². The number of anilines is 2. The van der Waals surface area contributed by atoms with Crippen LogP contribution in [0.25, 0.3) is 0 Å². The first kappa shape index (κ1) is 20.3. The molecule has 162 valence electrons. The average Bonchev–Trinajstić information content (AvgIpc) is 3.62. The molecule has 3 saturated carbocycles. The zero-order chi connectivity index (χ0) is 21.2. The van der Waals surface area contributed by atoms with E-state index in [1.165, 1.54) is 56.1 Å². The summed E-state index contributed by atoms with van der Waals surface area (Å²) >= 11 is 0. The number of hydrogen-bond acceptors (Lipinski definition) is 6. The summed E-state index contributed by atoms with van der Waals surface area (Å²) in [7, 11) is 0. The molecule has 0 spiro atoms. The van der Waals surface area contributed by atoms with E-state index in [4.69, 9.17) is 5.73 Å². The second-order valence-electron chi connectivity index (χ2n) is 9.64. The van der Waals surface area contributed by atoms with E-state index in [0.29, 0.717) is 53.6 Å².